The minimum atomic E-state index is 1.04. The van der Waals surface area contributed by atoms with E-state index in [4.69, 9.17) is 4.98 Å². The molecule has 0 aliphatic rings. The van der Waals surface area contributed by atoms with Crippen molar-refractivity contribution in [1.29, 1.82) is 0 Å². The summed E-state index contributed by atoms with van der Waals surface area (Å²) in [7, 11) is 0. The highest BCUT2D eigenvalue weighted by Gasteiger charge is 2.06. The molecule has 1 heterocycles. The Kier molecular flexibility index (Phi) is 2.49. The van der Waals surface area contributed by atoms with Crippen LogP contribution >= 0.6 is 0 Å². The van der Waals surface area contributed by atoms with Crippen LogP contribution in [0.2, 0.25) is 0 Å². The maximum atomic E-state index is 4.84. The fourth-order valence-electron chi connectivity index (χ4n) is 2.60. The van der Waals surface area contributed by atoms with Crippen molar-refractivity contribution >= 4 is 21.8 Å². The summed E-state index contributed by atoms with van der Waals surface area (Å²) in [5.41, 5.74) is 4.44. The summed E-state index contributed by atoms with van der Waals surface area (Å²) in [6.07, 6.45) is 0. The van der Waals surface area contributed by atoms with Gasteiger partial charge in [-0.15, -0.1) is 0 Å². The van der Waals surface area contributed by atoms with E-state index in [1.807, 2.05) is 24.3 Å². The largest absolute Gasteiger partial charge is 0.247 e. The van der Waals surface area contributed by atoms with E-state index in [-0.39, 0.29) is 0 Å². The number of nitrogens with zero attached hydrogens (tertiary/aromatic N) is 1. The Morgan fingerprint density at radius 2 is 1.55 bits per heavy atom. The number of hydrogen-bond acceptors (Lipinski definition) is 1. The van der Waals surface area contributed by atoms with Crippen LogP contribution in [-0.2, 0) is 0 Å². The van der Waals surface area contributed by atoms with Crippen molar-refractivity contribution in [1.82, 2.24) is 4.98 Å². The Hall–Kier alpha value is -2.67. The molecule has 93 valence electrons. The lowest BCUT2D eigenvalue weighted by atomic mass is 10.0. The van der Waals surface area contributed by atoms with E-state index in [1.165, 1.54) is 21.9 Å². The monoisotopic (exact) mass is 254 g/mol. The predicted octanol–water partition coefficient (Wildman–Crippen LogP) is 4.86. The highest BCUT2D eigenvalue weighted by molar-refractivity contribution is 6.00. The topological polar surface area (TPSA) is 12.9 Å². The van der Waals surface area contributed by atoms with E-state index in [9.17, 15) is 0 Å². The maximum Gasteiger partial charge on any atom is 0.0788 e. The summed E-state index contributed by atoms with van der Waals surface area (Å²) < 4.78 is 0. The molecule has 0 N–H and O–H groups in total. The second kappa shape index (κ2) is 4.46. The zero-order valence-corrected chi connectivity index (χ0v) is 10.9. The summed E-state index contributed by atoms with van der Waals surface area (Å²) in [5, 5.41) is 2.35. The first-order valence-corrected chi connectivity index (χ1v) is 6.67. The SMILES string of the molecule is [c]1ccc(-c2cccc3cc4ccccc4nc23)cc1. The van der Waals surface area contributed by atoms with Gasteiger partial charge in [0.05, 0.1) is 11.0 Å². The molecular weight excluding hydrogens is 242 g/mol. The first-order chi connectivity index (χ1) is 9.92. The molecule has 0 bridgehead atoms. The van der Waals surface area contributed by atoms with E-state index in [0.29, 0.717) is 0 Å². The summed E-state index contributed by atoms with van der Waals surface area (Å²) in [4.78, 5) is 4.84. The van der Waals surface area contributed by atoms with Gasteiger partial charge in [-0.05, 0) is 23.8 Å². The lowest BCUT2D eigenvalue weighted by molar-refractivity contribution is 1.49. The van der Waals surface area contributed by atoms with E-state index in [0.717, 1.165) is 11.0 Å². The van der Waals surface area contributed by atoms with Crippen molar-refractivity contribution in [3.8, 4) is 11.1 Å². The fourth-order valence-corrected chi connectivity index (χ4v) is 2.60. The normalized spacial score (nSPS) is 11.0. The van der Waals surface area contributed by atoms with Gasteiger partial charge in [0.15, 0.2) is 0 Å². The Morgan fingerprint density at radius 3 is 2.45 bits per heavy atom. The van der Waals surface area contributed by atoms with Crippen molar-refractivity contribution in [3.05, 3.63) is 78.9 Å². The van der Waals surface area contributed by atoms with Crippen molar-refractivity contribution in [3.63, 3.8) is 0 Å². The van der Waals surface area contributed by atoms with Gasteiger partial charge in [0.25, 0.3) is 0 Å². The van der Waals surface area contributed by atoms with Gasteiger partial charge < -0.3 is 0 Å². The standard InChI is InChI=1S/C19H12N/c1-2-7-14(8-3-1)17-11-6-10-16-13-15-9-4-5-12-18(15)20-19(16)17/h2-13H. The molecule has 0 aliphatic carbocycles. The minimum Gasteiger partial charge on any atom is -0.247 e. The number of benzene rings is 3. The molecule has 4 rings (SSSR count). The van der Waals surface area contributed by atoms with Crippen molar-refractivity contribution in [2.24, 2.45) is 0 Å². The third-order valence-electron chi connectivity index (χ3n) is 3.58. The number of rotatable bonds is 1. The molecular formula is C19H12N. The molecule has 0 spiro atoms. The molecule has 1 nitrogen and oxygen atoms in total. The minimum absolute atomic E-state index is 1.04. The number of pyridine rings is 1. The number of para-hydroxylation sites is 2. The predicted molar refractivity (Wildman–Crippen MR) is 83.5 cm³/mol. The first kappa shape index (κ1) is 11.2. The highest BCUT2D eigenvalue weighted by Crippen LogP contribution is 2.29. The van der Waals surface area contributed by atoms with Crippen LogP contribution in [0.3, 0.4) is 0 Å². The Morgan fingerprint density at radius 1 is 0.750 bits per heavy atom. The number of aromatic nitrogens is 1. The van der Waals surface area contributed by atoms with Crippen LogP contribution in [0.5, 0.6) is 0 Å². The molecule has 1 aromatic heterocycles. The van der Waals surface area contributed by atoms with Gasteiger partial charge in [-0.3, -0.25) is 0 Å². The molecule has 0 saturated carbocycles. The van der Waals surface area contributed by atoms with E-state index < -0.39 is 0 Å². The Balaban J connectivity index is 2.09. The Bertz CT molecular complexity index is 895. The lowest BCUT2D eigenvalue weighted by Gasteiger charge is -2.07. The maximum absolute atomic E-state index is 4.84. The molecule has 1 heteroatoms. The summed E-state index contributed by atoms with van der Waals surface area (Å²) in [5.74, 6) is 0. The Labute approximate surface area is 117 Å². The first-order valence-electron chi connectivity index (χ1n) is 6.67. The molecule has 0 unspecified atom stereocenters. The van der Waals surface area contributed by atoms with Gasteiger partial charge in [0, 0.05) is 16.3 Å². The van der Waals surface area contributed by atoms with Gasteiger partial charge >= 0.3 is 0 Å². The molecule has 0 aliphatic heterocycles. The zero-order valence-electron chi connectivity index (χ0n) is 10.9. The van der Waals surface area contributed by atoms with Crippen LogP contribution in [0.1, 0.15) is 0 Å². The second-order valence-corrected chi connectivity index (χ2v) is 4.85. The number of fused-ring (bicyclic) bond motifs is 2. The van der Waals surface area contributed by atoms with Crippen LogP contribution < -0.4 is 0 Å². The second-order valence-electron chi connectivity index (χ2n) is 4.85. The van der Waals surface area contributed by atoms with Crippen LogP contribution in [0, 0.1) is 6.07 Å². The van der Waals surface area contributed by atoms with Crippen LogP contribution in [0.15, 0.2) is 72.8 Å². The highest BCUT2D eigenvalue weighted by atomic mass is 14.7. The van der Waals surface area contributed by atoms with E-state index in [1.54, 1.807) is 0 Å². The van der Waals surface area contributed by atoms with Crippen LogP contribution in [0.4, 0.5) is 0 Å². The molecule has 0 saturated heterocycles. The van der Waals surface area contributed by atoms with E-state index >= 15 is 0 Å². The number of hydrogen-bond donors (Lipinski definition) is 0. The van der Waals surface area contributed by atoms with Crippen molar-refractivity contribution in [2.75, 3.05) is 0 Å². The molecule has 0 amide bonds. The molecule has 1 radical (unpaired) electrons. The summed E-state index contributed by atoms with van der Waals surface area (Å²) >= 11 is 0. The molecule has 4 aromatic rings. The summed E-state index contributed by atoms with van der Waals surface area (Å²) in [6.45, 7) is 0. The van der Waals surface area contributed by atoms with Crippen LogP contribution in [0.25, 0.3) is 32.9 Å². The van der Waals surface area contributed by atoms with Gasteiger partial charge in [-0.25, -0.2) is 4.98 Å². The molecule has 20 heavy (non-hydrogen) atoms. The van der Waals surface area contributed by atoms with Gasteiger partial charge in [-0.1, -0.05) is 60.7 Å². The van der Waals surface area contributed by atoms with Crippen molar-refractivity contribution in [2.45, 2.75) is 0 Å². The quantitative estimate of drug-likeness (QED) is 0.442. The van der Waals surface area contributed by atoms with Crippen molar-refractivity contribution < 1.29 is 0 Å². The summed E-state index contributed by atoms with van der Waals surface area (Å²) in [6, 6.07) is 27.9. The zero-order chi connectivity index (χ0) is 13.4. The third kappa shape index (κ3) is 1.76. The van der Waals surface area contributed by atoms with Crippen LogP contribution in [-0.4, -0.2) is 4.98 Å². The average molecular weight is 254 g/mol. The lowest BCUT2D eigenvalue weighted by Crippen LogP contribution is -1.86. The molecule has 0 fully saturated rings. The smallest absolute Gasteiger partial charge is 0.0788 e. The van der Waals surface area contributed by atoms with E-state index in [2.05, 4.69) is 54.6 Å². The molecule has 0 atom stereocenters. The third-order valence-corrected chi connectivity index (χ3v) is 3.58. The van der Waals surface area contributed by atoms with Gasteiger partial charge in [0.2, 0.25) is 0 Å². The fraction of sp³-hybridized carbons (Fsp3) is 0. The molecule has 3 aromatic carbocycles. The average Bonchev–Trinajstić information content (AvgIpc) is 2.53. The van der Waals surface area contributed by atoms with Gasteiger partial charge in [-0.2, -0.15) is 0 Å². The van der Waals surface area contributed by atoms with Gasteiger partial charge in [0.1, 0.15) is 0 Å².